The Bertz CT molecular complexity index is 1090. The fraction of sp³-hybridized carbons (Fsp3) is 0.577. The van der Waals surface area contributed by atoms with Gasteiger partial charge in [-0.05, 0) is 42.9 Å². The van der Waals surface area contributed by atoms with Gasteiger partial charge < -0.3 is 19.9 Å². The number of carbonyl (C=O) groups excluding carboxylic acids is 1. The van der Waals surface area contributed by atoms with E-state index in [0.717, 1.165) is 43.0 Å². The van der Waals surface area contributed by atoms with Crippen LogP contribution in [0.25, 0.3) is 0 Å². The van der Waals surface area contributed by atoms with Crippen molar-refractivity contribution in [2.24, 2.45) is 0 Å². The number of ether oxygens (including phenoxy) is 1. The zero-order chi connectivity index (χ0) is 25.2. The average Bonchev–Trinajstić information content (AvgIpc) is 3.20. The Hall–Kier alpha value is -2.00. The van der Waals surface area contributed by atoms with Gasteiger partial charge in [-0.15, -0.1) is 0 Å². The summed E-state index contributed by atoms with van der Waals surface area (Å²) in [6.07, 6.45) is 2.74. The van der Waals surface area contributed by atoms with Crippen molar-refractivity contribution in [3.8, 4) is 0 Å². The van der Waals surface area contributed by atoms with E-state index in [1.807, 2.05) is 17.9 Å². The molecule has 0 spiro atoms. The molecule has 0 bridgehead atoms. The summed E-state index contributed by atoms with van der Waals surface area (Å²) in [6, 6.07) is 5.76. The minimum absolute atomic E-state index is 0.0673. The number of alkyl halides is 1. The van der Waals surface area contributed by atoms with Crippen LogP contribution in [0.4, 0.5) is 10.2 Å². The van der Waals surface area contributed by atoms with Crippen LogP contribution in [0.5, 0.6) is 0 Å². The molecule has 0 saturated carbocycles. The summed E-state index contributed by atoms with van der Waals surface area (Å²) < 4.78 is 19.9. The van der Waals surface area contributed by atoms with Gasteiger partial charge in [0.1, 0.15) is 18.3 Å². The normalized spacial score (nSPS) is 23.6. The molecule has 194 valence electrons. The van der Waals surface area contributed by atoms with Gasteiger partial charge in [-0.3, -0.25) is 4.79 Å². The highest BCUT2D eigenvalue weighted by Gasteiger charge is 2.36. The molecule has 1 amide bonds. The van der Waals surface area contributed by atoms with Crippen LogP contribution in [-0.4, -0.2) is 72.8 Å². The maximum atomic E-state index is 14.4. The van der Waals surface area contributed by atoms with Crippen LogP contribution in [0.3, 0.4) is 0 Å². The first-order valence-electron chi connectivity index (χ1n) is 12.7. The van der Waals surface area contributed by atoms with Gasteiger partial charge in [0, 0.05) is 57.5 Å². The molecule has 2 aromatic rings. The lowest BCUT2D eigenvalue weighted by Gasteiger charge is -2.38. The molecule has 1 aliphatic carbocycles. The second-order valence-electron chi connectivity index (χ2n) is 9.93. The van der Waals surface area contributed by atoms with Gasteiger partial charge >= 0.3 is 0 Å². The van der Waals surface area contributed by atoms with E-state index in [1.165, 1.54) is 6.33 Å². The first-order chi connectivity index (χ1) is 17.4. The van der Waals surface area contributed by atoms with Crippen LogP contribution >= 0.6 is 23.2 Å². The summed E-state index contributed by atoms with van der Waals surface area (Å²) in [6.45, 7) is 6.44. The zero-order valence-corrected chi connectivity index (χ0v) is 21.9. The molecule has 2 aliphatic heterocycles. The lowest BCUT2D eigenvalue weighted by molar-refractivity contribution is -0.133. The van der Waals surface area contributed by atoms with E-state index in [2.05, 4.69) is 20.2 Å². The van der Waals surface area contributed by atoms with Crippen molar-refractivity contribution in [3.63, 3.8) is 0 Å². The number of rotatable bonds is 6. The fourth-order valence-corrected chi connectivity index (χ4v) is 5.84. The van der Waals surface area contributed by atoms with Crippen molar-refractivity contribution in [2.45, 2.75) is 50.2 Å². The number of halogens is 3. The summed E-state index contributed by atoms with van der Waals surface area (Å²) in [4.78, 5) is 26.6. The Morgan fingerprint density at radius 1 is 1.17 bits per heavy atom. The minimum Gasteiger partial charge on any atom is -0.381 e. The molecule has 3 heterocycles. The van der Waals surface area contributed by atoms with Crippen LogP contribution in [0.15, 0.2) is 24.5 Å². The summed E-state index contributed by atoms with van der Waals surface area (Å²) in [5, 5.41) is 4.50. The summed E-state index contributed by atoms with van der Waals surface area (Å²) in [5.74, 6) is 0.589. The van der Waals surface area contributed by atoms with E-state index in [9.17, 15) is 9.18 Å². The average molecular weight is 536 g/mol. The summed E-state index contributed by atoms with van der Waals surface area (Å²) in [5.41, 5.74) is 2.29. The van der Waals surface area contributed by atoms with Crippen molar-refractivity contribution in [2.75, 3.05) is 50.8 Å². The molecular weight excluding hydrogens is 504 g/mol. The number of anilines is 1. The molecule has 5 rings (SSSR count). The van der Waals surface area contributed by atoms with Crippen molar-refractivity contribution in [1.29, 1.82) is 0 Å². The minimum atomic E-state index is -1.03. The number of hydrogen-bond acceptors (Lipinski definition) is 6. The number of fused-ring (bicyclic) bond motifs is 1. The molecule has 3 atom stereocenters. The molecular formula is C26H32Cl2FN5O2. The Morgan fingerprint density at radius 3 is 2.64 bits per heavy atom. The molecule has 3 aliphatic rings. The van der Waals surface area contributed by atoms with Crippen molar-refractivity contribution < 1.29 is 13.9 Å². The number of nitrogens with one attached hydrogen (secondary N) is 1. The standard InChI is InChI=1S/C26H32Cl2FN5O2/c1-16-12-22(29)24-23(16)25(32-15-31-24)33-6-8-34(9-7-33)26(35)19(14-30-18-4-10-36-11-5-18)17-2-3-20(27)21(28)13-17/h2-3,13,15-16,18-19,22,30H,4-12,14H2,1H3/t16-,19-,22-/m1/s1. The van der Waals surface area contributed by atoms with Gasteiger partial charge in [0.25, 0.3) is 0 Å². The van der Waals surface area contributed by atoms with E-state index in [0.29, 0.717) is 60.9 Å². The molecule has 2 fully saturated rings. The highest BCUT2D eigenvalue weighted by atomic mass is 35.5. The Balaban J connectivity index is 1.29. The lowest BCUT2D eigenvalue weighted by atomic mass is 9.96. The summed E-state index contributed by atoms with van der Waals surface area (Å²) in [7, 11) is 0. The quantitative estimate of drug-likeness (QED) is 0.587. The van der Waals surface area contributed by atoms with Gasteiger partial charge in [0.2, 0.25) is 5.91 Å². The fourth-order valence-electron chi connectivity index (χ4n) is 5.54. The molecule has 1 aromatic carbocycles. The van der Waals surface area contributed by atoms with Crippen LogP contribution in [0.2, 0.25) is 10.0 Å². The third kappa shape index (κ3) is 5.32. The number of aromatic nitrogens is 2. The third-order valence-electron chi connectivity index (χ3n) is 7.61. The zero-order valence-electron chi connectivity index (χ0n) is 20.4. The van der Waals surface area contributed by atoms with Gasteiger partial charge in [-0.25, -0.2) is 14.4 Å². The van der Waals surface area contributed by atoms with Gasteiger partial charge in [0.05, 0.1) is 21.7 Å². The van der Waals surface area contributed by atoms with Gasteiger partial charge in [-0.1, -0.05) is 36.2 Å². The van der Waals surface area contributed by atoms with Crippen LogP contribution in [-0.2, 0) is 9.53 Å². The second kappa shape index (κ2) is 11.2. The van der Waals surface area contributed by atoms with Gasteiger partial charge in [0.15, 0.2) is 0 Å². The number of nitrogens with zero attached hydrogens (tertiary/aromatic N) is 4. The number of carbonyl (C=O) groups is 1. The van der Waals surface area contributed by atoms with Gasteiger partial charge in [-0.2, -0.15) is 0 Å². The molecule has 0 radical (unpaired) electrons. The first-order valence-corrected chi connectivity index (χ1v) is 13.5. The monoisotopic (exact) mass is 535 g/mol. The lowest BCUT2D eigenvalue weighted by Crippen LogP contribution is -2.51. The van der Waals surface area contributed by atoms with E-state index < -0.39 is 6.17 Å². The van der Waals surface area contributed by atoms with E-state index in [1.54, 1.807) is 12.1 Å². The molecule has 36 heavy (non-hydrogen) atoms. The number of hydrogen-bond donors (Lipinski definition) is 1. The molecule has 1 N–H and O–H groups in total. The third-order valence-corrected chi connectivity index (χ3v) is 8.35. The van der Waals surface area contributed by atoms with E-state index >= 15 is 0 Å². The van der Waals surface area contributed by atoms with Crippen LogP contribution in [0.1, 0.15) is 61.0 Å². The Kier molecular flexibility index (Phi) is 7.96. The maximum Gasteiger partial charge on any atom is 0.231 e. The first kappa shape index (κ1) is 25.6. The molecule has 2 saturated heterocycles. The van der Waals surface area contributed by atoms with Crippen molar-refractivity contribution in [3.05, 3.63) is 51.4 Å². The highest BCUT2D eigenvalue weighted by molar-refractivity contribution is 6.42. The SMILES string of the molecule is C[C@@H]1C[C@@H](F)c2ncnc(N3CCN(C(=O)[C@H](CNC4CCOCC4)c4ccc(Cl)c(Cl)c4)CC3)c21. The van der Waals surface area contributed by atoms with E-state index in [-0.39, 0.29) is 17.7 Å². The highest BCUT2D eigenvalue weighted by Crippen LogP contribution is 2.44. The second-order valence-corrected chi connectivity index (χ2v) is 10.7. The Morgan fingerprint density at radius 2 is 1.92 bits per heavy atom. The smallest absolute Gasteiger partial charge is 0.231 e. The van der Waals surface area contributed by atoms with Crippen molar-refractivity contribution >= 4 is 34.9 Å². The molecule has 7 nitrogen and oxygen atoms in total. The predicted octanol–water partition coefficient (Wildman–Crippen LogP) is 4.50. The largest absolute Gasteiger partial charge is 0.381 e. The number of amides is 1. The predicted molar refractivity (Wildman–Crippen MR) is 139 cm³/mol. The molecule has 0 unspecified atom stereocenters. The summed E-state index contributed by atoms with van der Waals surface area (Å²) >= 11 is 12.5. The molecule has 10 heteroatoms. The number of benzene rings is 1. The van der Waals surface area contributed by atoms with Crippen molar-refractivity contribution in [1.82, 2.24) is 20.2 Å². The number of piperazine rings is 1. The molecule has 1 aromatic heterocycles. The maximum absolute atomic E-state index is 14.4. The van der Waals surface area contributed by atoms with E-state index in [4.69, 9.17) is 27.9 Å². The Labute approximate surface area is 221 Å². The van der Waals surface area contributed by atoms with Crippen LogP contribution < -0.4 is 10.2 Å². The topological polar surface area (TPSA) is 70.6 Å². The van der Waals surface area contributed by atoms with Crippen LogP contribution in [0, 0.1) is 0 Å².